The van der Waals surface area contributed by atoms with E-state index < -0.39 is 28.1 Å². The molecule has 1 rings (SSSR count). The van der Waals surface area contributed by atoms with Crippen molar-refractivity contribution in [2.75, 3.05) is 5.33 Å². The predicted molar refractivity (Wildman–Crippen MR) is 63.9 cm³/mol. The fourth-order valence-corrected chi connectivity index (χ4v) is 2.19. The van der Waals surface area contributed by atoms with Crippen LogP contribution in [-0.4, -0.2) is 16.0 Å². The summed E-state index contributed by atoms with van der Waals surface area (Å²) >= 11 is 5.57. The molecule has 0 N–H and O–H groups in total. The highest BCUT2D eigenvalue weighted by atomic mass is 79.9. The van der Waals surface area contributed by atoms with Gasteiger partial charge < -0.3 is 0 Å². The van der Waals surface area contributed by atoms with Crippen molar-refractivity contribution in [2.24, 2.45) is 0 Å². The van der Waals surface area contributed by atoms with E-state index in [1.165, 1.54) is 0 Å². The van der Waals surface area contributed by atoms with Gasteiger partial charge in [-0.25, -0.2) is 0 Å². The zero-order valence-electron chi connectivity index (χ0n) is 8.42. The van der Waals surface area contributed by atoms with Gasteiger partial charge >= 0.3 is 6.18 Å². The zero-order valence-corrected chi connectivity index (χ0v) is 11.6. The normalized spacial score (nSPS) is 11.4. The maximum atomic E-state index is 12.5. The number of nitro benzene ring substituents is 1. The lowest BCUT2D eigenvalue weighted by molar-refractivity contribution is -0.385. The van der Waals surface area contributed by atoms with E-state index in [-0.39, 0.29) is 15.4 Å². The Bertz CT molecular complexity index is 517. The largest absolute Gasteiger partial charge is 0.416 e. The number of benzene rings is 1. The van der Waals surface area contributed by atoms with Gasteiger partial charge in [0, 0.05) is 10.5 Å². The minimum Gasteiger partial charge on any atom is -0.293 e. The first-order valence-electron chi connectivity index (χ1n) is 4.32. The summed E-state index contributed by atoms with van der Waals surface area (Å²) in [4.78, 5) is 21.2. The van der Waals surface area contributed by atoms with Gasteiger partial charge in [-0.15, -0.1) is 0 Å². The van der Waals surface area contributed by atoms with Crippen molar-refractivity contribution in [3.05, 3.63) is 37.8 Å². The van der Waals surface area contributed by atoms with Crippen LogP contribution in [0, 0.1) is 10.1 Å². The van der Waals surface area contributed by atoms with E-state index in [1.54, 1.807) is 0 Å². The third-order valence-corrected chi connectivity index (χ3v) is 3.13. The lowest BCUT2D eigenvalue weighted by Crippen LogP contribution is -2.11. The van der Waals surface area contributed by atoms with Crippen LogP contribution in [0.25, 0.3) is 0 Å². The maximum Gasteiger partial charge on any atom is 0.416 e. The van der Waals surface area contributed by atoms with Crippen LogP contribution in [0.2, 0.25) is 0 Å². The molecule has 0 radical (unpaired) electrons. The Balaban J connectivity index is 3.56. The summed E-state index contributed by atoms with van der Waals surface area (Å²) in [5.74, 6) is -0.678. The molecule has 0 bridgehead atoms. The zero-order chi connectivity index (χ0) is 14.1. The van der Waals surface area contributed by atoms with Crippen LogP contribution >= 0.6 is 31.9 Å². The summed E-state index contributed by atoms with van der Waals surface area (Å²) in [7, 11) is 0. The van der Waals surface area contributed by atoms with Gasteiger partial charge in [0.1, 0.15) is 5.56 Å². The molecule has 0 aliphatic rings. The van der Waals surface area contributed by atoms with Crippen LogP contribution in [0.3, 0.4) is 0 Å². The quantitative estimate of drug-likeness (QED) is 0.340. The van der Waals surface area contributed by atoms with Crippen molar-refractivity contribution in [3.8, 4) is 0 Å². The number of carbonyl (C=O) groups is 1. The van der Waals surface area contributed by atoms with Gasteiger partial charge in [-0.05, 0) is 22.0 Å². The molecular formula is C9H4Br2F3NO3. The minimum atomic E-state index is -4.72. The lowest BCUT2D eigenvalue weighted by Gasteiger charge is -2.09. The molecule has 4 nitrogen and oxygen atoms in total. The number of carbonyl (C=O) groups excluding carboxylic acids is 1. The highest BCUT2D eigenvalue weighted by Gasteiger charge is 2.35. The van der Waals surface area contributed by atoms with Crippen molar-refractivity contribution in [1.29, 1.82) is 0 Å². The molecule has 0 aromatic heterocycles. The number of halogens is 5. The van der Waals surface area contributed by atoms with E-state index in [4.69, 9.17) is 0 Å². The van der Waals surface area contributed by atoms with E-state index >= 15 is 0 Å². The number of rotatable bonds is 3. The van der Waals surface area contributed by atoms with Crippen molar-refractivity contribution < 1.29 is 22.9 Å². The third-order valence-electron chi connectivity index (χ3n) is 1.99. The number of Topliss-reactive ketones (excluding diaryl/α,β-unsaturated/α-hetero) is 1. The first-order chi connectivity index (χ1) is 8.18. The topological polar surface area (TPSA) is 60.2 Å². The minimum absolute atomic E-state index is 0.224. The van der Waals surface area contributed by atoms with Gasteiger partial charge in [-0.1, -0.05) is 15.9 Å². The van der Waals surface area contributed by atoms with Gasteiger partial charge in [0.25, 0.3) is 5.69 Å². The van der Waals surface area contributed by atoms with Crippen LogP contribution in [0.1, 0.15) is 15.9 Å². The Kier molecular flexibility index (Phi) is 4.49. The van der Waals surface area contributed by atoms with Gasteiger partial charge in [0.05, 0.1) is 15.8 Å². The Hall–Kier alpha value is -0.960. The first kappa shape index (κ1) is 15.1. The highest BCUT2D eigenvalue weighted by molar-refractivity contribution is 9.10. The standard InChI is InChI=1S/C9H4Br2F3NO3/c10-3-7(16)8-5(11)1-4(9(12,13)14)2-6(8)15(17)18/h1-2H,3H2. The fourth-order valence-electron chi connectivity index (χ4n) is 1.24. The molecule has 0 unspecified atom stereocenters. The number of nitro groups is 1. The molecule has 18 heavy (non-hydrogen) atoms. The smallest absolute Gasteiger partial charge is 0.293 e. The molecule has 0 fully saturated rings. The van der Waals surface area contributed by atoms with E-state index in [1.807, 2.05) is 0 Å². The lowest BCUT2D eigenvalue weighted by atomic mass is 10.1. The third kappa shape index (κ3) is 3.08. The number of hydrogen-bond donors (Lipinski definition) is 0. The van der Waals surface area contributed by atoms with Crippen LogP contribution in [0.15, 0.2) is 16.6 Å². The highest BCUT2D eigenvalue weighted by Crippen LogP contribution is 2.37. The summed E-state index contributed by atoms with van der Waals surface area (Å²) in [5, 5.41) is 10.5. The van der Waals surface area contributed by atoms with Crippen LogP contribution in [0.4, 0.5) is 18.9 Å². The monoisotopic (exact) mass is 389 g/mol. The second-order valence-electron chi connectivity index (χ2n) is 3.16. The Morgan fingerprint density at radius 2 is 1.94 bits per heavy atom. The predicted octanol–water partition coefficient (Wildman–Crippen LogP) is 3.95. The van der Waals surface area contributed by atoms with Gasteiger partial charge in [-0.3, -0.25) is 14.9 Å². The molecule has 0 spiro atoms. The fraction of sp³-hybridized carbons (Fsp3) is 0.222. The average Bonchev–Trinajstić information content (AvgIpc) is 2.25. The molecule has 9 heteroatoms. The molecular weight excluding hydrogens is 387 g/mol. The van der Waals surface area contributed by atoms with Crippen LogP contribution < -0.4 is 0 Å². The van der Waals surface area contributed by atoms with Crippen molar-refractivity contribution in [2.45, 2.75) is 6.18 Å². The van der Waals surface area contributed by atoms with E-state index in [0.717, 1.165) is 0 Å². The molecule has 0 aliphatic heterocycles. The van der Waals surface area contributed by atoms with Gasteiger partial charge in [0.15, 0.2) is 5.78 Å². The average molecular weight is 391 g/mol. The summed E-state index contributed by atoms with van der Waals surface area (Å²) in [5.41, 5.74) is -2.45. The van der Waals surface area contributed by atoms with Crippen molar-refractivity contribution in [1.82, 2.24) is 0 Å². The molecule has 0 heterocycles. The summed E-state index contributed by atoms with van der Waals surface area (Å²) in [6.45, 7) is 0. The number of nitrogens with zero attached hydrogens (tertiary/aromatic N) is 1. The van der Waals surface area contributed by atoms with Crippen molar-refractivity contribution >= 4 is 43.3 Å². The summed E-state index contributed by atoms with van der Waals surface area (Å²) < 4.78 is 37.2. The second kappa shape index (κ2) is 5.35. The van der Waals surface area contributed by atoms with Gasteiger partial charge in [-0.2, -0.15) is 13.2 Å². The van der Waals surface area contributed by atoms with E-state index in [2.05, 4.69) is 31.9 Å². The van der Waals surface area contributed by atoms with Crippen molar-refractivity contribution in [3.63, 3.8) is 0 Å². The van der Waals surface area contributed by atoms with E-state index in [0.29, 0.717) is 12.1 Å². The number of ketones is 1. The SMILES string of the molecule is O=C(CBr)c1c(Br)cc(C(F)(F)F)cc1[N+](=O)[O-]. The Morgan fingerprint density at radius 1 is 1.39 bits per heavy atom. The molecule has 0 saturated carbocycles. The Morgan fingerprint density at radius 3 is 2.33 bits per heavy atom. The molecule has 1 aromatic carbocycles. The molecule has 98 valence electrons. The molecule has 0 saturated heterocycles. The van der Waals surface area contributed by atoms with Crippen LogP contribution in [0.5, 0.6) is 0 Å². The summed E-state index contributed by atoms with van der Waals surface area (Å²) in [6, 6.07) is 0.990. The molecule has 0 atom stereocenters. The molecule has 1 aromatic rings. The molecule has 0 aliphatic carbocycles. The summed E-state index contributed by atoms with van der Waals surface area (Å²) in [6.07, 6.45) is -4.72. The van der Waals surface area contributed by atoms with Crippen LogP contribution in [-0.2, 0) is 6.18 Å². The first-order valence-corrected chi connectivity index (χ1v) is 6.24. The Labute approximate surface area is 116 Å². The number of hydrogen-bond acceptors (Lipinski definition) is 3. The maximum absolute atomic E-state index is 12.5. The second-order valence-corrected chi connectivity index (χ2v) is 4.58. The van der Waals surface area contributed by atoms with Gasteiger partial charge in [0.2, 0.25) is 0 Å². The molecule has 0 amide bonds. The number of alkyl halides is 4. The van der Waals surface area contributed by atoms with E-state index in [9.17, 15) is 28.1 Å².